The quantitative estimate of drug-likeness (QED) is 0.865. The highest BCUT2D eigenvalue weighted by atomic mass is 16.5. The molecule has 1 aliphatic rings. The predicted molar refractivity (Wildman–Crippen MR) is 84.9 cm³/mol. The Labute approximate surface area is 134 Å². The third kappa shape index (κ3) is 2.70. The largest absolute Gasteiger partial charge is 0.497 e. The Hall–Kier alpha value is -2.69. The molecular weight excluding hydrogens is 296 g/mol. The van der Waals surface area contributed by atoms with Crippen LogP contribution in [0.3, 0.4) is 0 Å². The number of methoxy groups -OCH3 is 3. The standard InChI is InChI=1S/C18H18O5/c1-20-11-7-8-15-13(9-11)14(19)10-17(23-15)12-5-4-6-16(21-2)18(12)22-3/h4-9,17H,10H2,1-3H3/t17-/m0/s1. The monoisotopic (exact) mass is 314 g/mol. The first-order valence-electron chi connectivity index (χ1n) is 7.26. The van der Waals surface area contributed by atoms with Crippen LogP contribution in [-0.4, -0.2) is 27.1 Å². The molecule has 5 heteroatoms. The molecule has 1 atom stereocenters. The number of hydrogen-bond acceptors (Lipinski definition) is 5. The summed E-state index contributed by atoms with van der Waals surface area (Å²) < 4.78 is 21.9. The minimum Gasteiger partial charge on any atom is -0.497 e. The number of para-hydroxylation sites is 1. The van der Waals surface area contributed by atoms with Crippen molar-refractivity contribution in [2.75, 3.05) is 21.3 Å². The molecule has 3 rings (SSSR count). The van der Waals surface area contributed by atoms with Crippen LogP contribution in [-0.2, 0) is 0 Å². The van der Waals surface area contributed by atoms with Crippen LogP contribution >= 0.6 is 0 Å². The number of benzene rings is 2. The summed E-state index contributed by atoms with van der Waals surface area (Å²) in [5.41, 5.74) is 1.34. The van der Waals surface area contributed by atoms with E-state index in [4.69, 9.17) is 18.9 Å². The van der Waals surface area contributed by atoms with E-state index < -0.39 is 6.10 Å². The van der Waals surface area contributed by atoms with Crippen LogP contribution in [0.15, 0.2) is 36.4 Å². The highest BCUT2D eigenvalue weighted by Gasteiger charge is 2.30. The molecule has 0 bridgehead atoms. The Morgan fingerprint density at radius 3 is 2.57 bits per heavy atom. The third-order valence-electron chi connectivity index (χ3n) is 3.91. The van der Waals surface area contributed by atoms with Crippen LogP contribution in [0, 0.1) is 0 Å². The Bertz CT molecular complexity index is 738. The third-order valence-corrected chi connectivity index (χ3v) is 3.91. The van der Waals surface area contributed by atoms with Gasteiger partial charge in [0.2, 0.25) is 0 Å². The molecule has 120 valence electrons. The van der Waals surface area contributed by atoms with Gasteiger partial charge in [-0.3, -0.25) is 4.79 Å². The molecule has 0 fully saturated rings. The molecule has 5 nitrogen and oxygen atoms in total. The van der Waals surface area contributed by atoms with Crippen LogP contribution in [0.4, 0.5) is 0 Å². The number of ketones is 1. The molecule has 0 unspecified atom stereocenters. The van der Waals surface area contributed by atoms with Crippen molar-refractivity contribution in [3.05, 3.63) is 47.5 Å². The lowest BCUT2D eigenvalue weighted by Gasteiger charge is -2.27. The lowest BCUT2D eigenvalue weighted by Crippen LogP contribution is -2.21. The van der Waals surface area contributed by atoms with E-state index in [2.05, 4.69) is 0 Å². The molecule has 1 aliphatic heterocycles. The molecule has 23 heavy (non-hydrogen) atoms. The minimum absolute atomic E-state index is 0.0139. The van der Waals surface area contributed by atoms with Crippen LogP contribution in [0.5, 0.6) is 23.0 Å². The first-order chi connectivity index (χ1) is 11.2. The van der Waals surface area contributed by atoms with Crippen molar-refractivity contribution in [2.24, 2.45) is 0 Å². The number of hydrogen-bond donors (Lipinski definition) is 0. The second kappa shape index (κ2) is 6.20. The zero-order valence-corrected chi connectivity index (χ0v) is 13.3. The van der Waals surface area contributed by atoms with E-state index in [1.165, 1.54) is 0 Å². The second-order valence-corrected chi connectivity index (χ2v) is 5.18. The van der Waals surface area contributed by atoms with Gasteiger partial charge in [-0.15, -0.1) is 0 Å². The molecule has 0 N–H and O–H groups in total. The summed E-state index contributed by atoms with van der Waals surface area (Å²) in [5.74, 6) is 2.40. The average Bonchev–Trinajstić information content (AvgIpc) is 2.60. The van der Waals surface area contributed by atoms with E-state index in [0.717, 1.165) is 5.56 Å². The van der Waals surface area contributed by atoms with Gasteiger partial charge in [0.1, 0.15) is 17.6 Å². The summed E-state index contributed by atoms with van der Waals surface area (Å²) >= 11 is 0. The van der Waals surface area contributed by atoms with E-state index >= 15 is 0 Å². The van der Waals surface area contributed by atoms with Crippen molar-refractivity contribution in [1.82, 2.24) is 0 Å². The first kappa shape index (κ1) is 15.2. The van der Waals surface area contributed by atoms with Gasteiger partial charge in [0.05, 0.1) is 33.3 Å². The molecule has 0 spiro atoms. The van der Waals surface area contributed by atoms with Gasteiger partial charge in [0, 0.05) is 5.56 Å². The van der Waals surface area contributed by atoms with Gasteiger partial charge in [0.25, 0.3) is 0 Å². The zero-order chi connectivity index (χ0) is 16.4. The average molecular weight is 314 g/mol. The number of carbonyl (C=O) groups is 1. The fraction of sp³-hybridized carbons (Fsp3) is 0.278. The lowest BCUT2D eigenvalue weighted by atomic mass is 9.95. The summed E-state index contributed by atoms with van der Waals surface area (Å²) in [7, 11) is 4.72. The smallest absolute Gasteiger partial charge is 0.170 e. The summed E-state index contributed by atoms with van der Waals surface area (Å²) in [6.45, 7) is 0. The van der Waals surface area contributed by atoms with Gasteiger partial charge in [-0.2, -0.15) is 0 Å². The van der Waals surface area contributed by atoms with Crippen LogP contribution in [0.1, 0.15) is 28.4 Å². The topological polar surface area (TPSA) is 54.0 Å². The Morgan fingerprint density at radius 2 is 1.87 bits per heavy atom. The van der Waals surface area contributed by atoms with Crippen molar-refractivity contribution >= 4 is 5.78 Å². The van der Waals surface area contributed by atoms with E-state index in [9.17, 15) is 4.79 Å². The van der Waals surface area contributed by atoms with Crippen LogP contribution in [0.2, 0.25) is 0 Å². The van der Waals surface area contributed by atoms with E-state index in [-0.39, 0.29) is 12.2 Å². The molecule has 0 amide bonds. The van der Waals surface area contributed by atoms with Gasteiger partial charge in [-0.25, -0.2) is 0 Å². The van der Waals surface area contributed by atoms with E-state index in [1.54, 1.807) is 39.5 Å². The lowest BCUT2D eigenvalue weighted by molar-refractivity contribution is 0.0845. The van der Waals surface area contributed by atoms with E-state index in [0.29, 0.717) is 28.6 Å². The fourth-order valence-corrected chi connectivity index (χ4v) is 2.77. The molecule has 0 saturated heterocycles. The minimum atomic E-state index is -0.409. The molecular formula is C18H18O5. The Kier molecular flexibility index (Phi) is 4.10. The number of carbonyl (C=O) groups excluding carboxylic acids is 1. The van der Waals surface area contributed by atoms with Gasteiger partial charge >= 0.3 is 0 Å². The Morgan fingerprint density at radius 1 is 1.04 bits per heavy atom. The van der Waals surface area contributed by atoms with E-state index in [1.807, 2.05) is 18.2 Å². The molecule has 2 aromatic rings. The van der Waals surface area contributed by atoms with Gasteiger partial charge in [-0.05, 0) is 24.3 Å². The normalized spacial score (nSPS) is 16.3. The van der Waals surface area contributed by atoms with Gasteiger partial charge < -0.3 is 18.9 Å². The SMILES string of the molecule is COc1ccc2c(c1)C(=O)C[C@@H](c1cccc(OC)c1OC)O2. The predicted octanol–water partition coefficient (Wildman–Crippen LogP) is 3.42. The maximum atomic E-state index is 12.5. The Balaban J connectivity index is 1.99. The highest BCUT2D eigenvalue weighted by molar-refractivity contribution is 6.00. The van der Waals surface area contributed by atoms with Gasteiger partial charge in [0.15, 0.2) is 17.3 Å². The molecule has 0 radical (unpaired) electrons. The summed E-state index contributed by atoms with van der Waals surface area (Å²) in [5, 5.41) is 0. The second-order valence-electron chi connectivity index (χ2n) is 5.18. The molecule has 0 aliphatic carbocycles. The maximum absolute atomic E-state index is 12.5. The summed E-state index contributed by atoms with van der Waals surface area (Å²) in [6.07, 6.45) is -0.169. The van der Waals surface area contributed by atoms with Crippen molar-refractivity contribution in [3.63, 3.8) is 0 Å². The number of Topliss-reactive ketones (excluding diaryl/α,β-unsaturated/α-hetero) is 1. The zero-order valence-electron chi connectivity index (χ0n) is 13.3. The van der Waals surface area contributed by atoms with Crippen molar-refractivity contribution in [2.45, 2.75) is 12.5 Å². The first-order valence-corrected chi connectivity index (χ1v) is 7.26. The fourth-order valence-electron chi connectivity index (χ4n) is 2.77. The summed E-state index contributed by atoms with van der Waals surface area (Å²) in [6, 6.07) is 10.8. The highest BCUT2D eigenvalue weighted by Crippen LogP contribution is 2.42. The molecule has 0 saturated carbocycles. The van der Waals surface area contributed by atoms with Gasteiger partial charge in [-0.1, -0.05) is 12.1 Å². The van der Waals surface area contributed by atoms with Crippen LogP contribution < -0.4 is 18.9 Å². The van der Waals surface area contributed by atoms with Crippen molar-refractivity contribution in [1.29, 1.82) is 0 Å². The molecule has 0 aromatic heterocycles. The maximum Gasteiger partial charge on any atom is 0.170 e. The number of rotatable bonds is 4. The summed E-state index contributed by atoms with van der Waals surface area (Å²) in [4.78, 5) is 12.5. The van der Waals surface area contributed by atoms with Crippen molar-refractivity contribution in [3.8, 4) is 23.0 Å². The number of fused-ring (bicyclic) bond motifs is 1. The van der Waals surface area contributed by atoms with Crippen LogP contribution in [0.25, 0.3) is 0 Å². The number of ether oxygens (including phenoxy) is 4. The van der Waals surface area contributed by atoms with Crippen molar-refractivity contribution < 1.29 is 23.7 Å². The molecule has 2 aromatic carbocycles. The molecule has 1 heterocycles.